The van der Waals surface area contributed by atoms with Crippen LogP contribution in [0.4, 0.5) is 6.01 Å². The average Bonchev–Trinajstić information content (AvgIpc) is 2.89. The maximum atomic E-state index is 5.94. The van der Waals surface area contributed by atoms with Gasteiger partial charge >= 0.3 is 6.01 Å². The number of halogens is 1. The zero-order valence-electron chi connectivity index (χ0n) is 9.77. The highest BCUT2D eigenvalue weighted by Gasteiger charge is 2.17. The first-order chi connectivity index (χ1) is 8.83. The molecule has 0 amide bonds. The van der Waals surface area contributed by atoms with Crippen molar-refractivity contribution < 1.29 is 4.42 Å². The fourth-order valence-corrected chi connectivity index (χ4v) is 2.13. The molecule has 0 spiro atoms. The topological polar surface area (TPSA) is 54.2 Å². The molecule has 6 heteroatoms. The molecule has 2 aromatic rings. The van der Waals surface area contributed by atoms with Gasteiger partial charge in [0, 0.05) is 36.8 Å². The summed E-state index contributed by atoms with van der Waals surface area (Å²) in [7, 11) is 0. The van der Waals surface area contributed by atoms with Crippen molar-refractivity contribution in [2.24, 2.45) is 0 Å². The van der Waals surface area contributed by atoms with Crippen LogP contribution in [0.15, 0.2) is 28.7 Å². The number of aromatic nitrogens is 2. The van der Waals surface area contributed by atoms with Gasteiger partial charge in [0.15, 0.2) is 0 Å². The Bertz CT molecular complexity index is 536. The Balaban J connectivity index is 1.84. The molecule has 18 heavy (non-hydrogen) atoms. The molecule has 0 aliphatic carbocycles. The van der Waals surface area contributed by atoms with E-state index in [0.717, 1.165) is 31.7 Å². The van der Waals surface area contributed by atoms with Crippen LogP contribution >= 0.6 is 11.6 Å². The van der Waals surface area contributed by atoms with Gasteiger partial charge in [-0.3, -0.25) is 0 Å². The van der Waals surface area contributed by atoms with Gasteiger partial charge in [-0.1, -0.05) is 22.8 Å². The van der Waals surface area contributed by atoms with Gasteiger partial charge in [-0.25, -0.2) is 0 Å². The van der Waals surface area contributed by atoms with E-state index in [1.807, 2.05) is 24.3 Å². The highest BCUT2D eigenvalue weighted by atomic mass is 35.5. The second-order valence-electron chi connectivity index (χ2n) is 4.14. The third-order valence-corrected chi connectivity index (χ3v) is 3.11. The maximum absolute atomic E-state index is 5.94. The monoisotopic (exact) mass is 264 g/mol. The quantitative estimate of drug-likeness (QED) is 0.896. The smallest absolute Gasteiger partial charge is 0.318 e. The summed E-state index contributed by atoms with van der Waals surface area (Å²) < 4.78 is 5.68. The second kappa shape index (κ2) is 4.96. The summed E-state index contributed by atoms with van der Waals surface area (Å²) >= 11 is 5.94. The van der Waals surface area contributed by atoms with E-state index >= 15 is 0 Å². The van der Waals surface area contributed by atoms with Crippen molar-refractivity contribution in [1.29, 1.82) is 0 Å². The van der Waals surface area contributed by atoms with E-state index < -0.39 is 0 Å². The van der Waals surface area contributed by atoms with E-state index in [9.17, 15) is 0 Å². The second-order valence-corrected chi connectivity index (χ2v) is 4.57. The van der Waals surface area contributed by atoms with E-state index in [0.29, 0.717) is 16.9 Å². The molecule has 3 rings (SSSR count). The number of nitrogens with one attached hydrogen (secondary N) is 1. The largest absolute Gasteiger partial charge is 0.403 e. The van der Waals surface area contributed by atoms with E-state index in [4.69, 9.17) is 16.0 Å². The number of rotatable bonds is 2. The lowest BCUT2D eigenvalue weighted by Gasteiger charge is -2.24. The Kier molecular flexibility index (Phi) is 3.17. The van der Waals surface area contributed by atoms with Crippen molar-refractivity contribution in [3.8, 4) is 11.5 Å². The Labute approximate surface area is 110 Å². The molecule has 1 aliphatic heterocycles. The van der Waals surface area contributed by atoms with E-state index in [-0.39, 0.29) is 0 Å². The number of anilines is 1. The minimum Gasteiger partial charge on any atom is -0.403 e. The molecular formula is C12H13ClN4O. The molecule has 1 saturated heterocycles. The van der Waals surface area contributed by atoms with Crippen molar-refractivity contribution in [1.82, 2.24) is 15.5 Å². The fraction of sp³-hybridized carbons (Fsp3) is 0.333. The SMILES string of the molecule is Clc1cccc(-c2nnc(N3CCNCC3)o2)c1. The Morgan fingerprint density at radius 2 is 2.06 bits per heavy atom. The highest BCUT2D eigenvalue weighted by Crippen LogP contribution is 2.24. The Hall–Kier alpha value is -1.59. The number of hydrogen-bond acceptors (Lipinski definition) is 5. The molecule has 2 heterocycles. The van der Waals surface area contributed by atoms with Gasteiger partial charge in [0.25, 0.3) is 0 Å². The van der Waals surface area contributed by atoms with Gasteiger partial charge in [0.2, 0.25) is 5.89 Å². The number of nitrogens with zero attached hydrogens (tertiary/aromatic N) is 3. The summed E-state index contributed by atoms with van der Waals surface area (Å²) in [6, 6.07) is 7.98. The van der Waals surface area contributed by atoms with Gasteiger partial charge in [-0.15, -0.1) is 5.10 Å². The first-order valence-corrected chi connectivity index (χ1v) is 6.26. The van der Waals surface area contributed by atoms with Crippen LogP contribution in [0.5, 0.6) is 0 Å². The molecule has 0 bridgehead atoms. The lowest BCUT2D eigenvalue weighted by Crippen LogP contribution is -2.43. The highest BCUT2D eigenvalue weighted by molar-refractivity contribution is 6.30. The minimum atomic E-state index is 0.506. The summed E-state index contributed by atoms with van der Waals surface area (Å²) in [5, 5.41) is 12.1. The molecule has 5 nitrogen and oxygen atoms in total. The summed E-state index contributed by atoms with van der Waals surface area (Å²) in [5.41, 5.74) is 0.844. The third kappa shape index (κ3) is 2.32. The Morgan fingerprint density at radius 3 is 2.83 bits per heavy atom. The molecule has 1 aromatic heterocycles. The van der Waals surface area contributed by atoms with E-state index in [1.54, 1.807) is 0 Å². The van der Waals surface area contributed by atoms with Crippen LogP contribution in [0.25, 0.3) is 11.5 Å². The summed E-state index contributed by atoms with van der Waals surface area (Å²) in [5.74, 6) is 0.506. The van der Waals surface area contributed by atoms with Crippen molar-refractivity contribution in [3.63, 3.8) is 0 Å². The Morgan fingerprint density at radius 1 is 1.22 bits per heavy atom. The van der Waals surface area contributed by atoms with Crippen LogP contribution in [0.2, 0.25) is 5.02 Å². The van der Waals surface area contributed by atoms with Crippen molar-refractivity contribution in [2.45, 2.75) is 0 Å². The van der Waals surface area contributed by atoms with Crippen molar-refractivity contribution >= 4 is 17.6 Å². The summed E-state index contributed by atoms with van der Waals surface area (Å²) in [6.45, 7) is 3.65. The van der Waals surface area contributed by atoms with Gasteiger partial charge < -0.3 is 14.6 Å². The maximum Gasteiger partial charge on any atom is 0.318 e. The van der Waals surface area contributed by atoms with Crippen molar-refractivity contribution in [3.05, 3.63) is 29.3 Å². The molecule has 1 N–H and O–H groups in total. The van der Waals surface area contributed by atoms with Crippen LogP contribution in [-0.2, 0) is 0 Å². The van der Waals surface area contributed by atoms with Gasteiger partial charge in [0.1, 0.15) is 0 Å². The molecule has 0 radical (unpaired) electrons. The van der Waals surface area contributed by atoms with Crippen LogP contribution in [-0.4, -0.2) is 36.4 Å². The molecule has 0 atom stereocenters. The zero-order valence-corrected chi connectivity index (χ0v) is 10.5. The first kappa shape index (κ1) is 11.5. The van der Waals surface area contributed by atoms with Gasteiger partial charge in [0.05, 0.1) is 0 Å². The van der Waals surface area contributed by atoms with E-state index in [1.165, 1.54) is 0 Å². The molecule has 0 saturated carbocycles. The average molecular weight is 265 g/mol. The third-order valence-electron chi connectivity index (χ3n) is 2.87. The number of hydrogen-bond donors (Lipinski definition) is 1. The standard InChI is InChI=1S/C12H13ClN4O/c13-10-3-1-2-9(8-10)11-15-16-12(18-11)17-6-4-14-5-7-17/h1-3,8,14H,4-7H2. The van der Waals surface area contributed by atoms with Crippen LogP contribution in [0.3, 0.4) is 0 Å². The molecule has 1 fully saturated rings. The number of benzene rings is 1. The molecule has 0 unspecified atom stereocenters. The zero-order chi connectivity index (χ0) is 12.4. The van der Waals surface area contributed by atoms with Crippen LogP contribution < -0.4 is 10.2 Å². The molecule has 1 aromatic carbocycles. The van der Waals surface area contributed by atoms with Crippen LogP contribution in [0.1, 0.15) is 0 Å². The molecule has 94 valence electrons. The fourth-order valence-electron chi connectivity index (χ4n) is 1.94. The predicted octanol–water partition coefficient (Wildman–Crippen LogP) is 1.80. The van der Waals surface area contributed by atoms with Gasteiger partial charge in [-0.2, -0.15) is 0 Å². The lowest BCUT2D eigenvalue weighted by molar-refractivity contribution is 0.505. The summed E-state index contributed by atoms with van der Waals surface area (Å²) in [6.07, 6.45) is 0. The molecule has 1 aliphatic rings. The van der Waals surface area contributed by atoms with Crippen molar-refractivity contribution in [2.75, 3.05) is 31.1 Å². The lowest BCUT2D eigenvalue weighted by atomic mass is 10.2. The van der Waals surface area contributed by atoms with Gasteiger partial charge in [-0.05, 0) is 18.2 Å². The minimum absolute atomic E-state index is 0.506. The number of piperazine rings is 1. The van der Waals surface area contributed by atoms with Crippen LogP contribution in [0, 0.1) is 0 Å². The van der Waals surface area contributed by atoms with E-state index in [2.05, 4.69) is 20.4 Å². The summed E-state index contributed by atoms with van der Waals surface area (Å²) in [4.78, 5) is 2.08. The molecular weight excluding hydrogens is 252 g/mol. The predicted molar refractivity (Wildman–Crippen MR) is 69.8 cm³/mol. The first-order valence-electron chi connectivity index (χ1n) is 5.88. The normalized spacial score (nSPS) is 15.9.